The van der Waals surface area contributed by atoms with Gasteiger partial charge in [-0.3, -0.25) is 0 Å². The van der Waals surface area contributed by atoms with Crippen LogP contribution in [0, 0.1) is 13.8 Å². The number of hydrogen-bond acceptors (Lipinski definition) is 5. The Balaban J connectivity index is 0.957. The van der Waals surface area contributed by atoms with E-state index in [4.69, 9.17) is 13.3 Å². The molecule has 6 nitrogen and oxygen atoms in total. The molecule has 73 heavy (non-hydrogen) atoms. The van der Waals surface area contributed by atoms with Crippen LogP contribution in [0.5, 0.6) is 0 Å². The lowest BCUT2D eigenvalue weighted by atomic mass is 9.79. The van der Waals surface area contributed by atoms with Gasteiger partial charge in [-0.05, 0) is 121 Å². The molecule has 0 radical (unpaired) electrons. The van der Waals surface area contributed by atoms with Gasteiger partial charge in [0.15, 0.2) is 16.7 Å². The number of nitrogens with zero attached hydrogens (tertiary/aromatic N) is 3. The fourth-order valence-electron chi connectivity index (χ4n) is 12.3. The molecule has 5 aromatic heterocycles. The molecule has 0 amide bonds. The summed E-state index contributed by atoms with van der Waals surface area (Å²) in [5.74, 6) is 0. The lowest BCUT2D eigenvalue weighted by Gasteiger charge is -2.28. The minimum Gasteiger partial charge on any atom is -0.454 e. The van der Waals surface area contributed by atoms with E-state index in [9.17, 15) is 0 Å². The van der Waals surface area contributed by atoms with Crippen molar-refractivity contribution in [1.29, 1.82) is 0 Å². The van der Waals surface area contributed by atoms with Crippen LogP contribution in [0.25, 0.3) is 93.5 Å². The maximum absolute atomic E-state index is 7.25. The van der Waals surface area contributed by atoms with Gasteiger partial charge in [0, 0.05) is 71.8 Å². The van der Waals surface area contributed by atoms with E-state index >= 15 is 0 Å². The molecular formula is C67H51N3O3. The molecule has 0 saturated carbocycles. The number of rotatable bonds is 6. The predicted octanol–water partition coefficient (Wildman–Crippen LogP) is 19.4. The Morgan fingerprint density at radius 3 is 1.52 bits per heavy atom. The van der Waals surface area contributed by atoms with Gasteiger partial charge in [0.25, 0.3) is 0 Å². The zero-order valence-corrected chi connectivity index (χ0v) is 41.9. The van der Waals surface area contributed by atoms with Crippen LogP contribution >= 0.6 is 0 Å². The summed E-state index contributed by atoms with van der Waals surface area (Å²) >= 11 is 0. The molecule has 1 aliphatic carbocycles. The van der Waals surface area contributed by atoms with Gasteiger partial charge in [-0.2, -0.15) is 0 Å². The van der Waals surface area contributed by atoms with Crippen LogP contribution in [-0.2, 0) is 10.8 Å². The van der Waals surface area contributed by atoms with Gasteiger partial charge in [-0.25, -0.2) is 0 Å². The summed E-state index contributed by atoms with van der Waals surface area (Å²) in [6, 6.07) is 65.8. The van der Waals surface area contributed by atoms with Crippen LogP contribution in [0.1, 0.15) is 62.4 Å². The molecule has 5 heterocycles. The van der Waals surface area contributed by atoms with Crippen LogP contribution < -0.4 is 9.80 Å². The van der Waals surface area contributed by atoms with Crippen molar-refractivity contribution < 1.29 is 13.3 Å². The monoisotopic (exact) mass is 945 g/mol. The van der Waals surface area contributed by atoms with E-state index in [1.165, 1.54) is 50.0 Å². The molecule has 9 aromatic carbocycles. The summed E-state index contributed by atoms with van der Waals surface area (Å²) in [5, 5.41) is 7.90. The topological polar surface area (TPSA) is 50.3 Å². The molecule has 352 valence electrons. The normalized spacial score (nSPS) is 13.5. The maximum Gasteiger partial charge on any atom is 0.161 e. The zero-order valence-electron chi connectivity index (χ0n) is 41.9. The van der Waals surface area contributed by atoms with Crippen molar-refractivity contribution in [2.24, 2.45) is 0 Å². The van der Waals surface area contributed by atoms with E-state index in [0.29, 0.717) is 0 Å². The Labute approximate surface area is 422 Å². The average Bonchev–Trinajstić information content (AvgIpc) is 4.24. The number of hydrogen-bond donors (Lipinski definition) is 0. The van der Waals surface area contributed by atoms with Gasteiger partial charge in [-0.15, -0.1) is 0 Å². The van der Waals surface area contributed by atoms with E-state index < -0.39 is 0 Å². The van der Waals surface area contributed by atoms with Crippen LogP contribution in [0.3, 0.4) is 0 Å². The smallest absolute Gasteiger partial charge is 0.161 e. The maximum atomic E-state index is 7.25. The van der Waals surface area contributed by atoms with Crippen molar-refractivity contribution in [3.05, 3.63) is 210 Å². The van der Waals surface area contributed by atoms with Gasteiger partial charge in [0.2, 0.25) is 0 Å². The van der Waals surface area contributed by atoms with Gasteiger partial charge in [-0.1, -0.05) is 137 Å². The molecule has 0 bridgehead atoms. The SMILES string of the molecule is Cc1ccc(N(c2ccc3c(c2)C(C)(C)c2c-3n3c4c2cc(C(C)(C)C)cc4c2oc4cc(N(c5ccc(C)cc5)c5cccc6c5oc5ccccc56)ccc4c23)c2cccc3c2oc2ccccc23)cc1. The van der Waals surface area contributed by atoms with Gasteiger partial charge < -0.3 is 27.5 Å². The Bertz CT molecular complexity index is 4590. The Morgan fingerprint density at radius 2 is 0.932 bits per heavy atom. The number of aromatic nitrogens is 1. The van der Waals surface area contributed by atoms with E-state index in [0.717, 1.165) is 105 Å². The van der Waals surface area contributed by atoms with Crippen molar-refractivity contribution in [2.75, 3.05) is 9.80 Å². The Hall–Kier alpha value is -8.74. The number of aryl methyl sites for hydroxylation is 2. The van der Waals surface area contributed by atoms with Crippen molar-refractivity contribution in [3.63, 3.8) is 0 Å². The number of fused-ring (bicyclic) bond motifs is 16. The lowest BCUT2D eigenvalue weighted by Crippen LogP contribution is -2.17. The third-order valence-electron chi connectivity index (χ3n) is 16.0. The summed E-state index contributed by atoms with van der Waals surface area (Å²) in [7, 11) is 0. The molecule has 15 rings (SSSR count). The standard InChI is InChI=1S/C67H51N3O3/c1-38-22-26-41(27-23-38)68(54-18-12-16-47-45-14-8-10-20-56(45)71-63(47)54)43-30-32-49-53(36-43)67(6,7)59-51-34-40(66(3,4)5)35-52-60(51)70(61(49)59)62-50-33-31-44(37-58(50)73-65(52)62)69(42-28-24-39(2)25-29-42)55-19-13-17-48-46-15-9-11-21-57(46)72-64(48)55/h8-37H,1-7H3. The van der Waals surface area contributed by atoms with Crippen molar-refractivity contribution >= 4 is 116 Å². The molecule has 0 aliphatic heterocycles. The largest absolute Gasteiger partial charge is 0.454 e. The summed E-state index contributed by atoms with van der Waals surface area (Å²) < 4.78 is 23.2. The van der Waals surface area contributed by atoms with Crippen LogP contribution in [0.2, 0.25) is 0 Å². The second kappa shape index (κ2) is 14.7. The van der Waals surface area contributed by atoms with Crippen molar-refractivity contribution in [2.45, 2.75) is 59.3 Å². The Kier molecular flexibility index (Phi) is 8.44. The highest BCUT2D eigenvalue weighted by molar-refractivity contribution is 6.23. The minimum atomic E-state index is -0.349. The molecule has 0 N–H and O–H groups in total. The first-order valence-electron chi connectivity index (χ1n) is 25.4. The predicted molar refractivity (Wildman–Crippen MR) is 303 cm³/mol. The van der Waals surface area contributed by atoms with Crippen molar-refractivity contribution in [3.8, 4) is 11.3 Å². The third kappa shape index (κ3) is 5.86. The number of benzene rings is 9. The van der Waals surface area contributed by atoms with E-state index in [1.807, 2.05) is 18.2 Å². The third-order valence-corrected chi connectivity index (χ3v) is 16.0. The van der Waals surface area contributed by atoms with Crippen molar-refractivity contribution in [1.82, 2.24) is 4.40 Å². The van der Waals surface area contributed by atoms with Gasteiger partial charge >= 0.3 is 0 Å². The molecule has 0 unspecified atom stereocenters. The number of para-hydroxylation sites is 4. The highest BCUT2D eigenvalue weighted by Crippen LogP contribution is 2.58. The first-order chi connectivity index (χ1) is 35.4. The molecule has 1 aliphatic rings. The molecule has 0 atom stereocenters. The minimum absolute atomic E-state index is 0.108. The first kappa shape index (κ1) is 42.0. The lowest BCUT2D eigenvalue weighted by molar-refractivity contribution is 0.591. The van der Waals surface area contributed by atoms with Crippen LogP contribution in [0.4, 0.5) is 34.1 Å². The summed E-state index contributed by atoms with van der Waals surface area (Å²) in [6.45, 7) is 16.0. The fraction of sp³-hybridized carbons (Fsp3) is 0.134. The average molecular weight is 946 g/mol. The molecule has 14 aromatic rings. The Morgan fingerprint density at radius 1 is 0.425 bits per heavy atom. The quantitative estimate of drug-likeness (QED) is 0.166. The second-order valence-electron chi connectivity index (χ2n) is 21.9. The zero-order chi connectivity index (χ0) is 49.2. The number of anilines is 6. The fourth-order valence-corrected chi connectivity index (χ4v) is 12.3. The van der Waals surface area contributed by atoms with E-state index in [2.05, 4.69) is 226 Å². The van der Waals surface area contributed by atoms with E-state index in [1.54, 1.807) is 0 Å². The molecule has 0 spiro atoms. The van der Waals surface area contributed by atoms with Crippen LogP contribution in [-0.4, -0.2) is 4.40 Å². The molecule has 0 saturated heterocycles. The summed E-state index contributed by atoms with van der Waals surface area (Å²) in [5.41, 5.74) is 22.0. The molecular weight excluding hydrogens is 895 g/mol. The number of furan rings is 3. The molecule has 0 fully saturated rings. The van der Waals surface area contributed by atoms with Gasteiger partial charge in [0.1, 0.15) is 22.3 Å². The van der Waals surface area contributed by atoms with Gasteiger partial charge in [0.05, 0.1) is 28.3 Å². The summed E-state index contributed by atoms with van der Waals surface area (Å²) in [4.78, 5) is 4.68. The second-order valence-corrected chi connectivity index (χ2v) is 21.9. The first-order valence-corrected chi connectivity index (χ1v) is 25.4. The van der Waals surface area contributed by atoms with E-state index in [-0.39, 0.29) is 10.8 Å². The highest BCUT2D eigenvalue weighted by Gasteiger charge is 2.43. The summed E-state index contributed by atoms with van der Waals surface area (Å²) in [6.07, 6.45) is 0. The van der Waals surface area contributed by atoms with Crippen LogP contribution in [0.15, 0.2) is 195 Å². The highest BCUT2D eigenvalue weighted by atomic mass is 16.3. The molecule has 6 heteroatoms.